The molecule has 8 nitrogen and oxygen atoms in total. The van der Waals surface area contributed by atoms with Crippen LogP contribution in [-0.4, -0.2) is 54.0 Å². The van der Waals surface area contributed by atoms with Gasteiger partial charge in [0.15, 0.2) is 0 Å². The summed E-state index contributed by atoms with van der Waals surface area (Å²) in [6.07, 6.45) is 0. The van der Waals surface area contributed by atoms with E-state index in [1.165, 1.54) is 23.1 Å². The number of nitrogens with one attached hydrogen (secondary N) is 1. The van der Waals surface area contributed by atoms with E-state index in [9.17, 15) is 22.8 Å². The topological polar surface area (TPSA) is 104 Å². The summed E-state index contributed by atoms with van der Waals surface area (Å²) in [7, 11) is -4.14. The van der Waals surface area contributed by atoms with E-state index < -0.39 is 34.4 Å². The van der Waals surface area contributed by atoms with Crippen molar-refractivity contribution in [2.75, 3.05) is 6.54 Å². The van der Waals surface area contributed by atoms with Gasteiger partial charge in [0.05, 0.1) is 5.56 Å². The third-order valence-electron chi connectivity index (χ3n) is 5.06. The van der Waals surface area contributed by atoms with Crippen LogP contribution < -0.4 is 5.32 Å². The highest BCUT2D eigenvalue weighted by atomic mass is 79.9. The molecule has 0 unspecified atom stereocenters. The first-order chi connectivity index (χ1) is 15.0. The zero-order chi connectivity index (χ0) is 23.6. The third-order valence-corrected chi connectivity index (χ3v) is 7.37. The van der Waals surface area contributed by atoms with E-state index in [1.807, 2.05) is 12.1 Å². The van der Waals surface area contributed by atoms with Crippen LogP contribution in [0.15, 0.2) is 57.9 Å². The van der Waals surface area contributed by atoms with E-state index in [4.69, 9.17) is 0 Å². The van der Waals surface area contributed by atoms with Crippen molar-refractivity contribution in [3.63, 3.8) is 0 Å². The maximum absolute atomic E-state index is 13.3. The lowest BCUT2D eigenvalue weighted by molar-refractivity contribution is -0.140. The minimum absolute atomic E-state index is 0.0327. The number of carbonyl (C=O) groups excluding carboxylic acids is 3. The van der Waals surface area contributed by atoms with Crippen molar-refractivity contribution in [3.8, 4) is 0 Å². The van der Waals surface area contributed by atoms with Crippen molar-refractivity contribution in [3.05, 3.63) is 64.1 Å². The molecule has 10 heteroatoms. The summed E-state index contributed by atoms with van der Waals surface area (Å²) in [4.78, 5) is 39.8. The van der Waals surface area contributed by atoms with Gasteiger partial charge in [-0.15, -0.1) is 0 Å². The van der Waals surface area contributed by atoms with E-state index in [0.29, 0.717) is 4.31 Å². The fourth-order valence-corrected chi connectivity index (χ4v) is 5.16. The lowest BCUT2D eigenvalue weighted by atomic mass is 10.1. The number of benzene rings is 2. The molecular weight excluding hydrogens is 498 g/mol. The molecule has 170 valence electrons. The highest BCUT2D eigenvalue weighted by Gasteiger charge is 2.43. The zero-order valence-electron chi connectivity index (χ0n) is 17.9. The molecule has 0 fully saturated rings. The molecule has 3 rings (SSSR count). The lowest BCUT2D eigenvalue weighted by Crippen LogP contribution is -2.52. The SMILES string of the molecule is CC(C)NC(=O)[C@H](C)N(Cc1ccc(Br)cc1)C(=O)CN1C(=O)c2ccccc2S1(=O)=O. The number of nitrogens with zero attached hydrogens (tertiary/aromatic N) is 2. The molecule has 1 atom stereocenters. The molecule has 0 saturated heterocycles. The molecule has 0 aliphatic carbocycles. The average molecular weight is 522 g/mol. The molecule has 0 bridgehead atoms. The van der Waals surface area contributed by atoms with Crippen molar-refractivity contribution < 1.29 is 22.8 Å². The van der Waals surface area contributed by atoms with Gasteiger partial charge in [0.1, 0.15) is 17.5 Å². The second-order valence-corrected chi connectivity index (χ2v) is 10.5. The van der Waals surface area contributed by atoms with E-state index >= 15 is 0 Å². The molecule has 0 saturated carbocycles. The van der Waals surface area contributed by atoms with Crippen LogP contribution in [0.1, 0.15) is 36.7 Å². The fourth-order valence-electron chi connectivity index (χ4n) is 3.38. The number of hydrogen-bond donors (Lipinski definition) is 1. The van der Waals surface area contributed by atoms with Gasteiger partial charge in [-0.3, -0.25) is 14.4 Å². The predicted octanol–water partition coefficient (Wildman–Crippen LogP) is 2.54. The van der Waals surface area contributed by atoms with Crippen LogP contribution in [0.5, 0.6) is 0 Å². The second-order valence-electron chi connectivity index (χ2n) is 7.80. The Morgan fingerprint density at radius 1 is 1.06 bits per heavy atom. The minimum atomic E-state index is -4.14. The highest BCUT2D eigenvalue weighted by molar-refractivity contribution is 9.10. The van der Waals surface area contributed by atoms with Gasteiger partial charge in [0.2, 0.25) is 11.8 Å². The summed E-state index contributed by atoms with van der Waals surface area (Å²) in [5, 5.41) is 2.77. The smallest absolute Gasteiger partial charge is 0.269 e. The van der Waals surface area contributed by atoms with Crippen molar-refractivity contribution in [2.45, 2.75) is 44.3 Å². The normalized spacial score (nSPS) is 15.4. The quantitative estimate of drug-likeness (QED) is 0.602. The van der Waals surface area contributed by atoms with Crippen LogP contribution in [0.3, 0.4) is 0 Å². The summed E-state index contributed by atoms with van der Waals surface area (Å²) in [5.41, 5.74) is 0.787. The van der Waals surface area contributed by atoms with Crippen LogP contribution >= 0.6 is 15.9 Å². The van der Waals surface area contributed by atoms with Crippen molar-refractivity contribution in [1.29, 1.82) is 0 Å². The monoisotopic (exact) mass is 521 g/mol. The Balaban J connectivity index is 1.89. The maximum Gasteiger partial charge on any atom is 0.269 e. The Kier molecular flexibility index (Phi) is 7.04. The van der Waals surface area contributed by atoms with Crippen molar-refractivity contribution in [2.24, 2.45) is 0 Å². The van der Waals surface area contributed by atoms with Crippen molar-refractivity contribution in [1.82, 2.24) is 14.5 Å². The van der Waals surface area contributed by atoms with Gasteiger partial charge >= 0.3 is 0 Å². The van der Waals surface area contributed by atoms with Gasteiger partial charge in [-0.1, -0.05) is 40.2 Å². The average Bonchev–Trinajstić information content (AvgIpc) is 2.93. The molecule has 2 aromatic carbocycles. The first kappa shape index (κ1) is 23.9. The fraction of sp³-hybridized carbons (Fsp3) is 0.318. The Bertz CT molecular complexity index is 1150. The molecule has 0 radical (unpaired) electrons. The first-order valence-corrected chi connectivity index (χ1v) is 12.3. The molecular formula is C22H24BrN3O5S. The van der Waals surface area contributed by atoms with E-state index in [1.54, 1.807) is 39.0 Å². The van der Waals surface area contributed by atoms with Gasteiger partial charge in [-0.2, -0.15) is 0 Å². The van der Waals surface area contributed by atoms with E-state index in [-0.39, 0.29) is 29.0 Å². The number of amides is 3. The van der Waals surface area contributed by atoms with Crippen LogP contribution in [-0.2, 0) is 26.2 Å². The molecule has 2 aromatic rings. The number of hydrogen-bond acceptors (Lipinski definition) is 5. The first-order valence-electron chi connectivity index (χ1n) is 10.0. The minimum Gasteiger partial charge on any atom is -0.352 e. The Morgan fingerprint density at radius 3 is 2.28 bits per heavy atom. The summed E-state index contributed by atoms with van der Waals surface area (Å²) in [6.45, 7) is 4.57. The number of fused-ring (bicyclic) bond motifs is 1. The summed E-state index contributed by atoms with van der Waals surface area (Å²) in [5.74, 6) is -1.77. The molecule has 1 heterocycles. The molecule has 32 heavy (non-hydrogen) atoms. The van der Waals surface area contributed by atoms with Crippen LogP contribution in [0.25, 0.3) is 0 Å². The molecule has 3 amide bonds. The van der Waals surface area contributed by atoms with Crippen LogP contribution in [0.2, 0.25) is 0 Å². The molecule has 0 aromatic heterocycles. The zero-order valence-corrected chi connectivity index (χ0v) is 20.3. The van der Waals surface area contributed by atoms with Gasteiger partial charge in [-0.25, -0.2) is 12.7 Å². The van der Waals surface area contributed by atoms with E-state index in [0.717, 1.165) is 10.0 Å². The van der Waals surface area contributed by atoms with Gasteiger partial charge < -0.3 is 10.2 Å². The predicted molar refractivity (Wildman–Crippen MR) is 122 cm³/mol. The molecule has 1 aliphatic heterocycles. The maximum atomic E-state index is 13.3. The number of halogens is 1. The third kappa shape index (κ3) is 4.86. The second kappa shape index (κ2) is 9.41. The van der Waals surface area contributed by atoms with Gasteiger partial charge in [0, 0.05) is 17.1 Å². The Labute approximate surface area is 195 Å². The summed E-state index contributed by atoms with van der Waals surface area (Å²) < 4.78 is 27.1. The van der Waals surface area contributed by atoms with E-state index in [2.05, 4.69) is 21.2 Å². The Hall–Kier alpha value is -2.72. The van der Waals surface area contributed by atoms with Crippen LogP contribution in [0, 0.1) is 0 Å². The molecule has 1 aliphatic rings. The summed E-state index contributed by atoms with van der Waals surface area (Å²) >= 11 is 3.36. The van der Waals surface area contributed by atoms with Gasteiger partial charge in [0.25, 0.3) is 15.9 Å². The molecule has 1 N–H and O–H groups in total. The highest BCUT2D eigenvalue weighted by Crippen LogP contribution is 2.30. The largest absolute Gasteiger partial charge is 0.352 e. The standard InChI is InChI=1S/C22H24BrN3O5S/c1-14(2)24-21(28)15(3)25(12-16-8-10-17(23)11-9-16)20(27)13-26-22(29)18-6-4-5-7-19(18)32(26,30)31/h4-11,14-15H,12-13H2,1-3H3,(H,24,28)/t15-/m0/s1. The number of sulfonamides is 1. The Morgan fingerprint density at radius 2 is 1.69 bits per heavy atom. The molecule has 0 spiro atoms. The number of carbonyl (C=O) groups is 3. The van der Waals surface area contributed by atoms with Gasteiger partial charge in [-0.05, 0) is 50.6 Å². The lowest BCUT2D eigenvalue weighted by Gasteiger charge is -2.30. The summed E-state index contributed by atoms with van der Waals surface area (Å²) in [6, 6.07) is 12.0. The van der Waals surface area contributed by atoms with Crippen LogP contribution in [0.4, 0.5) is 0 Å². The van der Waals surface area contributed by atoms with Crippen molar-refractivity contribution >= 4 is 43.7 Å². The number of rotatable bonds is 7.